The van der Waals surface area contributed by atoms with Gasteiger partial charge in [0.05, 0.1) is 5.75 Å². The number of ether oxygens (including phenoxy) is 1. The van der Waals surface area contributed by atoms with Crippen LogP contribution >= 0.6 is 0 Å². The summed E-state index contributed by atoms with van der Waals surface area (Å²) in [6.45, 7) is 4.81. The molecular formula is C9H18O4S. The van der Waals surface area contributed by atoms with E-state index in [1.807, 2.05) is 6.08 Å². The van der Waals surface area contributed by atoms with Gasteiger partial charge in [0.25, 0.3) is 10.1 Å². The van der Waals surface area contributed by atoms with Gasteiger partial charge >= 0.3 is 0 Å². The van der Waals surface area contributed by atoms with Crippen LogP contribution in [0.1, 0.15) is 25.7 Å². The molecule has 0 unspecified atom stereocenters. The van der Waals surface area contributed by atoms with Gasteiger partial charge < -0.3 is 4.74 Å². The van der Waals surface area contributed by atoms with Gasteiger partial charge in [-0.25, -0.2) is 0 Å². The smallest absolute Gasteiger partial charge is 0.264 e. The molecule has 0 aliphatic carbocycles. The summed E-state index contributed by atoms with van der Waals surface area (Å²) in [4.78, 5) is 0. The Kier molecular flexibility index (Phi) is 7.74. The predicted molar refractivity (Wildman–Crippen MR) is 55.9 cm³/mol. The minimum atomic E-state index is -3.79. The van der Waals surface area contributed by atoms with Crippen molar-refractivity contribution in [1.29, 1.82) is 0 Å². The quantitative estimate of drug-likeness (QED) is 0.366. The van der Waals surface area contributed by atoms with Crippen molar-refractivity contribution in [2.24, 2.45) is 0 Å². The molecule has 0 aliphatic rings. The first-order valence-electron chi connectivity index (χ1n) is 4.70. The van der Waals surface area contributed by atoms with Crippen molar-refractivity contribution in [3.8, 4) is 0 Å². The zero-order chi connectivity index (χ0) is 10.9. The Morgan fingerprint density at radius 1 is 1.21 bits per heavy atom. The highest BCUT2D eigenvalue weighted by molar-refractivity contribution is 7.85. The van der Waals surface area contributed by atoms with E-state index >= 15 is 0 Å². The molecule has 4 nitrogen and oxygen atoms in total. The van der Waals surface area contributed by atoms with E-state index in [4.69, 9.17) is 9.29 Å². The molecular weight excluding hydrogens is 204 g/mol. The standard InChI is InChI=1S/C9H18O4S/c1-2-3-4-7-13-8-5-6-9-14(10,11)12/h2H,1,3-9H2,(H,10,11,12). The van der Waals surface area contributed by atoms with Gasteiger partial charge in [0.1, 0.15) is 0 Å². The molecule has 5 heteroatoms. The van der Waals surface area contributed by atoms with Crippen LogP contribution < -0.4 is 0 Å². The van der Waals surface area contributed by atoms with Crippen LogP contribution in [0.25, 0.3) is 0 Å². The van der Waals surface area contributed by atoms with Crippen LogP contribution in [-0.4, -0.2) is 31.9 Å². The number of unbranched alkanes of at least 4 members (excludes halogenated alkanes) is 2. The van der Waals surface area contributed by atoms with Gasteiger partial charge in [-0.05, 0) is 25.7 Å². The molecule has 0 bridgehead atoms. The van der Waals surface area contributed by atoms with Crippen molar-refractivity contribution in [2.75, 3.05) is 19.0 Å². The van der Waals surface area contributed by atoms with Crippen molar-refractivity contribution in [2.45, 2.75) is 25.7 Å². The maximum absolute atomic E-state index is 10.3. The first kappa shape index (κ1) is 13.6. The van der Waals surface area contributed by atoms with E-state index in [1.54, 1.807) is 0 Å². The molecule has 0 radical (unpaired) electrons. The molecule has 1 N–H and O–H groups in total. The Labute approximate surface area is 85.7 Å². The van der Waals surface area contributed by atoms with Gasteiger partial charge in [-0.1, -0.05) is 6.08 Å². The predicted octanol–water partition coefficient (Wildman–Crippen LogP) is 1.64. The third-order valence-corrected chi connectivity index (χ3v) is 2.44. The van der Waals surface area contributed by atoms with Gasteiger partial charge in [0.2, 0.25) is 0 Å². The monoisotopic (exact) mass is 222 g/mol. The van der Waals surface area contributed by atoms with E-state index in [1.165, 1.54) is 0 Å². The van der Waals surface area contributed by atoms with E-state index in [0.717, 1.165) is 12.8 Å². The maximum atomic E-state index is 10.3. The fraction of sp³-hybridized carbons (Fsp3) is 0.778. The van der Waals surface area contributed by atoms with Crippen LogP contribution in [-0.2, 0) is 14.9 Å². The Balaban J connectivity index is 3.10. The number of hydrogen-bond acceptors (Lipinski definition) is 3. The summed E-state index contributed by atoms with van der Waals surface area (Å²) in [6.07, 6.45) is 4.82. The molecule has 84 valence electrons. The lowest BCUT2D eigenvalue weighted by Gasteiger charge is -2.02. The highest BCUT2D eigenvalue weighted by Gasteiger charge is 2.02. The fourth-order valence-corrected chi connectivity index (χ4v) is 1.49. The molecule has 0 aromatic carbocycles. The molecule has 0 heterocycles. The van der Waals surface area contributed by atoms with Gasteiger partial charge in [-0.3, -0.25) is 4.55 Å². The van der Waals surface area contributed by atoms with Crippen molar-refractivity contribution in [3.05, 3.63) is 12.7 Å². The Morgan fingerprint density at radius 3 is 2.43 bits per heavy atom. The summed E-state index contributed by atoms with van der Waals surface area (Å²) in [7, 11) is -3.79. The molecule has 0 fully saturated rings. The van der Waals surface area contributed by atoms with Crippen molar-refractivity contribution in [3.63, 3.8) is 0 Å². The molecule has 0 spiro atoms. The summed E-state index contributed by atoms with van der Waals surface area (Å²) in [5.74, 6) is -0.178. The average Bonchev–Trinajstić information content (AvgIpc) is 2.08. The largest absolute Gasteiger partial charge is 0.381 e. The van der Waals surface area contributed by atoms with Crippen LogP contribution in [0.3, 0.4) is 0 Å². The number of hydrogen-bond donors (Lipinski definition) is 1. The van der Waals surface area contributed by atoms with E-state index < -0.39 is 10.1 Å². The van der Waals surface area contributed by atoms with Gasteiger partial charge in [-0.15, -0.1) is 6.58 Å². The molecule has 0 aromatic heterocycles. The lowest BCUT2D eigenvalue weighted by molar-refractivity contribution is 0.129. The molecule has 0 saturated heterocycles. The molecule has 0 atom stereocenters. The molecule has 0 saturated carbocycles. The maximum Gasteiger partial charge on any atom is 0.264 e. The molecule has 14 heavy (non-hydrogen) atoms. The minimum Gasteiger partial charge on any atom is -0.381 e. The Morgan fingerprint density at radius 2 is 1.86 bits per heavy atom. The summed E-state index contributed by atoms with van der Waals surface area (Å²) < 4.78 is 34.3. The van der Waals surface area contributed by atoms with Gasteiger partial charge in [-0.2, -0.15) is 8.42 Å². The van der Waals surface area contributed by atoms with Crippen molar-refractivity contribution < 1.29 is 17.7 Å². The first-order chi connectivity index (χ1) is 6.56. The topological polar surface area (TPSA) is 63.6 Å². The van der Waals surface area contributed by atoms with E-state index in [-0.39, 0.29) is 5.75 Å². The van der Waals surface area contributed by atoms with Crippen molar-refractivity contribution in [1.82, 2.24) is 0 Å². The van der Waals surface area contributed by atoms with Crippen LogP contribution in [0.2, 0.25) is 0 Å². The summed E-state index contributed by atoms with van der Waals surface area (Å²) in [5.41, 5.74) is 0. The Bertz CT molecular complexity index is 233. The summed E-state index contributed by atoms with van der Waals surface area (Å²) in [5, 5.41) is 0. The van der Waals surface area contributed by atoms with E-state index in [0.29, 0.717) is 26.1 Å². The lowest BCUT2D eigenvalue weighted by atomic mass is 10.3. The third-order valence-electron chi connectivity index (χ3n) is 1.64. The van der Waals surface area contributed by atoms with Gasteiger partial charge in [0.15, 0.2) is 0 Å². The zero-order valence-corrected chi connectivity index (χ0v) is 9.13. The fourth-order valence-electron chi connectivity index (χ4n) is 0.920. The first-order valence-corrected chi connectivity index (χ1v) is 6.31. The SMILES string of the molecule is C=CCCCOCCCCS(=O)(=O)O. The molecule has 0 rings (SSSR count). The van der Waals surface area contributed by atoms with Gasteiger partial charge in [0, 0.05) is 13.2 Å². The van der Waals surface area contributed by atoms with Crippen LogP contribution in [0.4, 0.5) is 0 Å². The van der Waals surface area contributed by atoms with Crippen molar-refractivity contribution >= 4 is 10.1 Å². The second kappa shape index (κ2) is 7.96. The highest BCUT2D eigenvalue weighted by Crippen LogP contribution is 1.96. The normalized spacial score (nSPS) is 11.5. The number of allylic oxidation sites excluding steroid dienone is 1. The van der Waals surface area contributed by atoms with Crippen LogP contribution in [0.15, 0.2) is 12.7 Å². The molecule has 0 amide bonds. The second-order valence-electron chi connectivity index (χ2n) is 3.04. The molecule has 0 aliphatic heterocycles. The zero-order valence-electron chi connectivity index (χ0n) is 8.31. The van der Waals surface area contributed by atoms with Crippen LogP contribution in [0.5, 0.6) is 0 Å². The van der Waals surface area contributed by atoms with E-state index in [9.17, 15) is 8.42 Å². The van der Waals surface area contributed by atoms with Crippen LogP contribution in [0, 0.1) is 0 Å². The third kappa shape index (κ3) is 11.6. The number of rotatable bonds is 9. The summed E-state index contributed by atoms with van der Waals surface area (Å²) in [6, 6.07) is 0. The minimum absolute atomic E-state index is 0.178. The second-order valence-corrected chi connectivity index (χ2v) is 4.61. The lowest BCUT2D eigenvalue weighted by Crippen LogP contribution is -2.05. The average molecular weight is 222 g/mol. The summed E-state index contributed by atoms with van der Waals surface area (Å²) >= 11 is 0. The molecule has 0 aromatic rings. The van der Waals surface area contributed by atoms with E-state index in [2.05, 4.69) is 6.58 Å². The highest BCUT2D eigenvalue weighted by atomic mass is 32.2. The Hall–Kier alpha value is -0.390.